The van der Waals surface area contributed by atoms with Crippen molar-refractivity contribution in [2.75, 3.05) is 41.7 Å². The lowest BCUT2D eigenvalue weighted by molar-refractivity contribution is 0.102. The molecule has 0 spiro atoms. The van der Waals surface area contributed by atoms with E-state index in [1.54, 1.807) is 11.6 Å². The predicted octanol–water partition coefficient (Wildman–Crippen LogP) is 6.58. The minimum Gasteiger partial charge on any atom is -0.368 e. The third-order valence-corrected chi connectivity index (χ3v) is 8.51. The van der Waals surface area contributed by atoms with Crippen LogP contribution in [0, 0.1) is 6.92 Å². The van der Waals surface area contributed by atoms with Gasteiger partial charge in [0.15, 0.2) is 0 Å². The number of aryl methyl sites for hydroxylation is 1. The highest BCUT2D eigenvalue weighted by Crippen LogP contribution is 2.30. The topological polar surface area (TPSA) is 82.5 Å². The Balaban J connectivity index is 1.33. The maximum absolute atomic E-state index is 13.1. The van der Waals surface area contributed by atoms with Gasteiger partial charge >= 0.3 is 0 Å². The van der Waals surface area contributed by atoms with Crippen LogP contribution in [-0.4, -0.2) is 52.6 Å². The molecule has 2 N–H and O–H groups in total. The van der Waals surface area contributed by atoms with E-state index in [9.17, 15) is 9.59 Å². The van der Waals surface area contributed by atoms with E-state index in [4.69, 9.17) is 0 Å². The molecule has 8 heteroatoms. The number of nitrogens with one attached hydrogen (secondary N) is 2. The van der Waals surface area contributed by atoms with Gasteiger partial charge in [-0.2, -0.15) is 0 Å². The van der Waals surface area contributed by atoms with E-state index in [0.717, 1.165) is 54.2 Å². The number of carbonyl (C=O) groups excluding carboxylic acids is 1. The predicted molar refractivity (Wildman–Crippen MR) is 181 cm³/mol. The molecule has 0 atom stereocenters. The Morgan fingerprint density at radius 3 is 2.25 bits per heavy atom. The number of benzene rings is 2. The first kappa shape index (κ1) is 31.0. The van der Waals surface area contributed by atoms with Crippen LogP contribution in [0.4, 0.5) is 22.9 Å². The van der Waals surface area contributed by atoms with E-state index in [-0.39, 0.29) is 16.9 Å². The molecule has 44 heavy (non-hydrogen) atoms. The number of hydrogen-bond acceptors (Lipinski definition) is 6. The first-order valence-electron chi connectivity index (χ1n) is 15.4. The molecule has 8 nitrogen and oxygen atoms in total. The molecule has 1 aliphatic heterocycles. The van der Waals surface area contributed by atoms with Gasteiger partial charge in [-0.1, -0.05) is 45.0 Å². The molecule has 2 aromatic heterocycles. The van der Waals surface area contributed by atoms with Gasteiger partial charge in [0, 0.05) is 62.3 Å². The van der Waals surface area contributed by atoms with Crippen LogP contribution in [0.15, 0.2) is 77.9 Å². The highest BCUT2D eigenvalue weighted by Gasteiger charge is 2.20. The van der Waals surface area contributed by atoms with Crippen molar-refractivity contribution in [3.05, 3.63) is 100 Å². The summed E-state index contributed by atoms with van der Waals surface area (Å²) >= 11 is 0. The molecule has 0 unspecified atom stereocenters. The summed E-state index contributed by atoms with van der Waals surface area (Å²) < 4.78 is 1.57. The van der Waals surface area contributed by atoms with Gasteiger partial charge in [-0.25, -0.2) is 4.98 Å². The smallest absolute Gasteiger partial charge is 0.274 e. The van der Waals surface area contributed by atoms with Crippen LogP contribution in [-0.2, 0) is 12.5 Å². The van der Waals surface area contributed by atoms with Crippen LogP contribution < -0.4 is 21.1 Å². The van der Waals surface area contributed by atoms with Crippen LogP contribution in [0.1, 0.15) is 56.1 Å². The largest absolute Gasteiger partial charge is 0.368 e. The van der Waals surface area contributed by atoms with E-state index in [1.807, 2.05) is 73.9 Å². The minimum atomic E-state index is -0.162. The Morgan fingerprint density at radius 1 is 0.932 bits per heavy atom. The van der Waals surface area contributed by atoms with Crippen molar-refractivity contribution in [3.63, 3.8) is 0 Å². The number of carbonyl (C=O) groups is 1. The zero-order chi connectivity index (χ0) is 31.6. The third kappa shape index (κ3) is 6.86. The Morgan fingerprint density at radius 2 is 1.64 bits per heavy atom. The van der Waals surface area contributed by atoms with Crippen molar-refractivity contribution in [3.8, 4) is 11.1 Å². The second-order valence-electron chi connectivity index (χ2n) is 13.0. The molecule has 1 saturated heterocycles. The number of amides is 1. The minimum absolute atomic E-state index is 0.0200. The van der Waals surface area contributed by atoms with Gasteiger partial charge in [0.2, 0.25) is 0 Å². The maximum atomic E-state index is 13.1. The molecule has 2 aromatic carbocycles. The highest BCUT2D eigenvalue weighted by atomic mass is 16.1. The van der Waals surface area contributed by atoms with Crippen molar-refractivity contribution in [2.24, 2.45) is 7.05 Å². The van der Waals surface area contributed by atoms with Gasteiger partial charge in [-0.15, -0.1) is 0 Å². The maximum Gasteiger partial charge on any atom is 0.274 e. The second kappa shape index (κ2) is 12.7. The fraction of sp³-hybridized carbons (Fsp3) is 0.361. The monoisotopic (exact) mass is 592 g/mol. The number of nitrogens with zero attached hydrogens (tertiary/aromatic N) is 4. The summed E-state index contributed by atoms with van der Waals surface area (Å²) in [4.78, 5) is 35.7. The molecule has 0 radical (unpaired) electrons. The lowest BCUT2D eigenvalue weighted by atomic mass is 9.86. The van der Waals surface area contributed by atoms with Crippen LogP contribution in [0.5, 0.6) is 0 Å². The van der Waals surface area contributed by atoms with E-state index in [0.29, 0.717) is 23.1 Å². The number of anilines is 4. The first-order valence-corrected chi connectivity index (χ1v) is 15.4. The summed E-state index contributed by atoms with van der Waals surface area (Å²) in [6.45, 7) is 16.9. The number of piperazine rings is 1. The van der Waals surface area contributed by atoms with Crippen LogP contribution in [0.3, 0.4) is 0 Å². The first-order chi connectivity index (χ1) is 20.9. The standard InChI is InChI=1S/C36H44N6O2/c1-24(2)41-17-19-42(20-18-41)29-15-16-33(37-22-29)38-32-21-27(23-40(7)35(32)44)30-9-8-10-31(25(30)3)39-34(43)26-11-13-28(14-12-26)36(4,5)6/h8-16,21-24H,17-20H2,1-7H3,(H,37,38)(H,39,43). The van der Waals surface area contributed by atoms with Crippen LogP contribution in [0.2, 0.25) is 0 Å². The van der Waals surface area contributed by atoms with E-state index >= 15 is 0 Å². The highest BCUT2D eigenvalue weighted by molar-refractivity contribution is 6.05. The van der Waals surface area contributed by atoms with Gasteiger partial charge in [0.25, 0.3) is 11.5 Å². The lowest BCUT2D eigenvalue weighted by Crippen LogP contribution is -2.48. The molecule has 0 aliphatic carbocycles. The number of pyridine rings is 2. The fourth-order valence-corrected chi connectivity index (χ4v) is 5.63. The van der Waals surface area contributed by atoms with Crippen molar-refractivity contribution in [2.45, 2.75) is 53.0 Å². The SMILES string of the molecule is Cc1c(NC(=O)c2ccc(C(C)(C)C)cc2)cccc1-c1cc(Nc2ccc(N3CCN(C(C)C)CC3)cn2)c(=O)n(C)c1. The Bertz CT molecular complexity index is 1680. The molecule has 4 aromatic rings. The summed E-state index contributed by atoms with van der Waals surface area (Å²) in [5.74, 6) is 0.448. The summed E-state index contributed by atoms with van der Waals surface area (Å²) in [6, 6.07) is 20.0. The molecular formula is C36H44N6O2. The summed E-state index contributed by atoms with van der Waals surface area (Å²) in [6.07, 6.45) is 3.69. The summed E-state index contributed by atoms with van der Waals surface area (Å²) in [5.41, 5.74) is 6.59. The molecule has 1 fully saturated rings. The van der Waals surface area contributed by atoms with Crippen molar-refractivity contribution >= 4 is 28.8 Å². The average molecular weight is 593 g/mol. The van der Waals surface area contributed by atoms with Gasteiger partial charge in [-0.05, 0) is 79.3 Å². The van der Waals surface area contributed by atoms with Gasteiger partial charge < -0.3 is 20.1 Å². The zero-order valence-corrected chi connectivity index (χ0v) is 26.9. The Labute approximate surface area is 260 Å². The second-order valence-corrected chi connectivity index (χ2v) is 13.0. The molecule has 1 amide bonds. The number of rotatable bonds is 7. The molecule has 3 heterocycles. The third-order valence-electron chi connectivity index (χ3n) is 8.51. The average Bonchev–Trinajstić information content (AvgIpc) is 3.00. The zero-order valence-electron chi connectivity index (χ0n) is 26.9. The van der Waals surface area contributed by atoms with Gasteiger partial charge in [0.1, 0.15) is 11.5 Å². The lowest BCUT2D eigenvalue weighted by Gasteiger charge is -2.38. The Kier molecular flexibility index (Phi) is 8.92. The summed E-state index contributed by atoms with van der Waals surface area (Å²) in [7, 11) is 1.74. The quantitative estimate of drug-likeness (QED) is 0.252. The molecule has 230 valence electrons. The molecule has 0 bridgehead atoms. The van der Waals surface area contributed by atoms with Crippen molar-refractivity contribution < 1.29 is 4.79 Å². The van der Waals surface area contributed by atoms with Crippen LogP contribution in [0.25, 0.3) is 11.1 Å². The van der Waals surface area contributed by atoms with Crippen molar-refractivity contribution in [1.82, 2.24) is 14.5 Å². The Hall–Kier alpha value is -4.43. The van der Waals surface area contributed by atoms with E-state index < -0.39 is 0 Å². The number of aromatic nitrogens is 2. The molecule has 1 aliphatic rings. The molecular weight excluding hydrogens is 548 g/mol. The molecule has 5 rings (SSSR count). The van der Waals surface area contributed by atoms with Gasteiger partial charge in [-0.3, -0.25) is 14.5 Å². The van der Waals surface area contributed by atoms with Gasteiger partial charge in [0.05, 0.1) is 11.9 Å². The van der Waals surface area contributed by atoms with Crippen LogP contribution >= 0.6 is 0 Å². The van der Waals surface area contributed by atoms with E-state index in [2.05, 4.69) is 66.1 Å². The fourth-order valence-electron chi connectivity index (χ4n) is 5.63. The van der Waals surface area contributed by atoms with Crippen molar-refractivity contribution in [1.29, 1.82) is 0 Å². The summed E-state index contributed by atoms with van der Waals surface area (Å²) in [5, 5.41) is 6.31. The van der Waals surface area contributed by atoms with E-state index in [1.165, 1.54) is 5.56 Å². The normalized spacial score (nSPS) is 14.1. The molecule has 0 saturated carbocycles. The number of hydrogen-bond donors (Lipinski definition) is 2.